The molecule has 0 saturated heterocycles. The van der Waals surface area contributed by atoms with E-state index in [4.69, 9.17) is 9.15 Å². The predicted molar refractivity (Wildman–Crippen MR) is 128 cm³/mol. The van der Waals surface area contributed by atoms with E-state index in [9.17, 15) is 14.9 Å². The number of carbonyl (C=O) groups is 2. The number of carbonyl (C=O) groups excluding carboxylic acids is 2. The van der Waals surface area contributed by atoms with Crippen LogP contribution in [0.2, 0.25) is 0 Å². The summed E-state index contributed by atoms with van der Waals surface area (Å²) in [6.07, 6.45) is 2.96. The normalized spacial score (nSPS) is 15.5. The molecule has 0 aliphatic carbocycles. The number of esters is 1. The van der Waals surface area contributed by atoms with Crippen molar-refractivity contribution in [2.24, 2.45) is 0 Å². The molecule has 2 N–H and O–H groups in total. The summed E-state index contributed by atoms with van der Waals surface area (Å²) < 4.78 is 10.8. The highest BCUT2D eigenvalue weighted by Crippen LogP contribution is 2.41. The zero-order valence-electron chi connectivity index (χ0n) is 18.7. The van der Waals surface area contributed by atoms with Gasteiger partial charge in [0.15, 0.2) is 0 Å². The number of amides is 1. The molecule has 170 valence electrons. The molecule has 1 amide bonds. The van der Waals surface area contributed by atoms with E-state index in [1.54, 1.807) is 19.1 Å². The van der Waals surface area contributed by atoms with Crippen LogP contribution in [0.25, 0.3) is 0 Å². The van der Waals surface area contributed by atoms with Crippen molar-refractivity contribution in [2.75, 3.05) is 17.7 Å². The van der Waals surface area contributed by atoms with Gasteiger partial charge in [-0.15, -0.1) is 0 Å². The Bertz CT molecular complexity index is 1170. The molecule has 1 aliphatic heterocycles. The number of ether oxygens (including phenoxy) is 1. The van der Waals surface area contributed by atoms with Crippen LogP contribution in [0.1, 0.15) is 29.7 Å². The molecule has 0 saturated carbocycles. The summed E-state index contributed by atoms with van der Waals surface area (Å²) in [5, 5.41) is 16.5. The molecule has 1 aliphatic rings. The summed E-state index contributed by atoms with van der Waals surface area (Å²) >= 11 is 1.19. The van der Waals surface area contributed by atoms with E-state index in [1.807, 2.05) is 32.0 Å². The second-order valence-electron chi connectivity index (χ2n) is 7.51. The molecular weight excluding hydrogens is 438 g/mol. The summed E-state index contributed by atoms with van der Waals surface area (Å²) in [7, 11) is 0. The fourth-order valence-electron chi connectivity index (χ4n) is 3.53. The van der Waals surface area contributed by atoms with Crippen molar-refractivity contribution in [3.8, 4) is 6.07 Å². The number of rotatable bonds is 8. The van der Waals surface area contributed by atoms with Crippen molar-refractivity contribution in [1.29, 1.82) is 5.26 Å². The van der Waals surface area contributed by atoms with E-state index in [0.29, 0.717) is 16.5 Å². The highest BCUT2D eigenvalue weighted by molar-refractivity contribution is 8.03. The molecule has 7 nitrogen and oxygen atoms in total. The number of nitrogens with zero attached hydrogens (tertiary/aromatic N) is 1. The van der Waals surface area contributed by atoms with Crippen LogP contribution in [-0.2, 0) is 14.3 Å². The summed E-state index contributed by atoms with van der Waals surface area (Å²) in [5.74, 6) is -0.990. The first-order chi connectivity index (χ1) is 15.8. The molecule has 3 rings (SSSR count). The smallest absolute Gasteiger partial charge is 0.337 e. The molecule has 0 spiro atoms. The first-order valence-corrected chi connectivity index (χ1v) is 11.3. The maximum Gasteiger partial charge on any atom is 0.337 e. The fourth-order valence-corrected chi connectivity index (χ4v) is 4.42. The number of allylic oxidation sites excluding steroid dienone is 2. The third-order valence-corrected chi connectivity index (χ3v) is 6.05. The molecule has 1 aromatic heterocycles. The van der Waals surface area contributed by atoms with Crippen LogP contribution in [-0.4, -0.2) is 24.2 Å². The van der Waals surface area contributed by atoms with Crippen molar-refractivity contribution in [3.05, 3.63) is 88.0 Å². The van der Waals surface area contributed by atoms with Gasteiger partial charge in [0.25, 0.3) is 0 Å². The van der Waals surface area contributed by atoms with E-state index in [-0.39, 0.29) is 29.4 Å². The van der Waals surface area contributed by atoms with Gasteiger partial charge in [0.2, 0.25) is 5.91 Å². The summed E-state index contributed by atoms with van der Waals surface area (Å²) in [6, 6.07) is 11.4. The Morgan fingerprint density at radius 1 is 1.33 bits per heavy atom. The van der Waals surface area contributed by atoms with Crippen molar-refractivity contribution < 1.29 is 18.7 Å². The minimum absolute atomic E-state index is 0.0479. The van der Waals surface area contributed by atoms with E-state index < -0.39 is 11.9 Å². The maximum absolute atomic E-state index is 12.8. The second kappa shape index (κ2) is 10.7. The molecule has 33 heavy (non-hydrogen) atoms. The number of dihydropyridines is 1. The Morgan fingerprint density at radius 2 is 2.12 bits per heavy atom. The van der Waals surface area contributed by atoms with Gasteiger partial charge in [-0.25, -0.2) is 4.79 Å². The lowest BCUT2D eigenvalue weighted by atomic mass is 9.86. The van der Waals surface area contributed by atoms with Crippen molar-refractivity contribution in [1.82, 2.24) is 5.32 Å². The summed E-state index contributed by atoms with van der Waals surface area (Å²) in [5.41, 5.74) is 3.93. The van der Waals surface area contributed by atoms with E-state index in [0.717, 1.165) is 16.8 Å². The molecule has 8 heteroatoms. The number of furan rings is 1. The van der Waals surface area contributed by atoms with E-state index in [1.165, 1.54) is 24.1 Å². The van der Waals surface area contributed by atoms with E-state index in [2.05, 4.69) is 23.3 Å². The Hall–Kier alpha value is -3.70. The first kappa shape index (κ1) is 24.0. The summed E-state index contributed by atoms with van der Waals surface area (Å²) in [4.78, 5) is 25.3. The number of anilines is 1. The van der Waals surface area contributed by atoms with Crippen LogP contribution in [0.4, 0.5) is 5.69 Å². The molecule has 2 aromatic rings. The Balaban J connectivity index is 1.84. The first-order valence-electron chi connectivity index (χ1n) is 10.3. The third kappa shape index (κ3) is 5.57. The SMILES string of the molecule is C=CCOC(=O)C1=C(C)NC(SCC(=O)Nc2ccc(C)cc2C)=C(C#N)[C@H]1c1ccco1. The zero-order chi connectivity index (χ0) is 24.0. The fraction of sp³-hybridized carbons (Fsp3) is 0.240. The van der Waals surface area contributed by atoms with Gasteiger partial charge in [-0.2, -0.15) is 5.26 Å². The van der Waals surface area contributed by atoms with Crippen LogP contribution in [0, 0.1) is 25.2 Å². The van der Waals surface area contributed by atoms with Crippen LogP contribution in [0.15, 0.2) is 75.5 Å². The molecule has 1 aromatic carbocycles. The van der Waals surface area contributed by atoms with Crippen LogP contribution in [0.3, 0.4) is 0 Å². The van der Waals surface area contributed by atoms with Gasteiger partial charge in [0.1, 0.15) is 12.4 Å². The van der Waals surface area contributed by atoms with Gasteiger partial charge in [0.05, 0.1) is 40.2 Å². The zero-order valence-corrected chi connectivity index (χ0v) is 19.5. The monoisotopic (exact) mass is 463 g/mol. The Labute approximate surface area is 197 Å². The minimum Gasteiger partial charge on any atom is -0.468 e. The maximum atomic E-state index is 12.8. The minimum atomic E-state index is -0.742. The highest BCUT2D eigenvalue weighted by Gasteiger charge is 2.37. The number of nitriles is 1. The third-order valence-electron chi connectivity index (χ3n) is 5.03. The molecule has 0 unspecified atom stereocenters. The lowest BCUT2D eigenvalue weighted by Crippen LogP contribution is -2.29. The van der Waals surface area contributed by atoms with Gasteiger partial charge >= 0.3 is 5.97 Å². The van der Waals surface area contributed by atoms with Gasteiger partial charge < -0.3 is 19.8 Å². The van der Waals surface area contributed by atoms with Gasteiger partial charge in [-0.05, 0) is 44.5 Å². The van der Waals surface area contributed by atoms with Crippen molar-refractivity contribution in [3.63, 3.8) is 0 Å². The van der Waals surface area contributed by atoms with Crippen LogP contribution < -0.4 is 10.6 Å². The van der Waals surface area contributed by atoms with E-state index >= 15 is 0 Å². The number of aryl methyl sites for hydroxylation is 2. The molecule has 2 heterocycles. The van der Waals surface area contributed by atoms with Crippen molar-refractivity contribution in [2.45, 2.75) is 26.7 Å². The van der Waals surface area contributed by atoms with Gasteiger partial charge in [0, 0.05) is 11.4 Å². The largest absolute Gasteiger partial charge is 0.468 e. The van der Waals surface area contributed by atoms with Gasteiger partial charge in [-0.1, -0.05) is 42.1 Å². The molecule has 0 fully saturated rings. The number of hydrogen-bond donors (Lipinski definition) is 2. The number of benzene rings is 1. The molecule has 0 radical (unpaired) electrons. The van der Waals surface area contributed by atoms with Crippen LogP contribution in [0.5, 0.6) is 0 Å². The highest BCUT2D eigenvalue weighted by atomic mass is 32.2. The Kier molecular flexibility index (Phi) is 7.80. The molecular formula is C25H25N3O4S. The average molecular weight is 464 g/mol. The van der Waals surface area contributed by atoms with Crippen molar-refractivity contribution >= 4 is 29.3 Å². The number of thioether (sulfide) groups is 1. The topological polar surface area (TPSA) is 104 Å². The predicted octanol–water partition coefficient (Wildman–Crippen LogP) is 4.69. The standard InChI is InChI=1S/C25H25N3O4S/c1-5-10-32-25(30)22-17(4)27-24(18(13-26)23(22)20-7-6-11-31-20)33-14-21(29)28-19-9-8-15(2)12-16(19)3/h5-9,11-12,23,27H,1,10,14H2,2-4H3,(H,28,29)/t23-/m0/s1. The second-order valence-corrected chi connectivity index (χ2v) is 8.49. The summed E-state index contributed by atoms with van der Waals surface area (Å²) in [6.45, 7) is 9.26. The van der Waals surface area contributed by atoms with Crippen LogP contribution >= 0.6 is 11.8 Å². The quantitative estimate of drug-likeness (QED) is 0.432. The van der Waals surface area contributed by atoms with Gasteiger partial charge in [-0.3, -0.25) is 4.79 Å². The number of hydrogen-bond acceptors (Lipinski definition) is 7. The lowest BCUT2D eigenvalue weighted by molar-refractivity contribution is -0.138. The molecule has 1 atom stereocenters. The Morgan fingerprint density at radius 3 is 2.76 bits per heavy atom. The molecule has 0 bridgehead atoms. The number of nitrogens with one attached hydrogen (secondary N) is 2. The average Bonchev–Trinajstić information content (AvgIpc) is 3.32. The lowest BCUT2D eigenvalue weighted by Gasteiger charge is -2.27.